The van der Waals surface area contributed by atoms with Gasteiger partial charge in [-0.25, -0.2) is 0 Å². The van der Waals surface area contributed by atoms with E-state index in [-0.39, 0.29) is 5.91 Å². The van der Waals surface area contributed by atoms with Gasteiger partial charge in [0.15, 0.2) is 0 Å². The van der Waals surface area contributed by atoms with Crippen molar-refractivity contribution in [3.63, 3.8) is 0 Å². The summed E-state index contributed by atoms with van der Waals surface area (Å²) in [6.07, 6.45) is 1.11. The van der Waals surface area contributed by atoms with Crippen LogP contribution in [0.1, 0.15) is 23.1 Å². The lowest BCUT2D eigenvalue weighted by Crippen LogP contribution is -2.13. The fraction of sp³-hybridized carbons (Fsp3) is 0.278. The number of hydrogen-bond donors (Lipinski definition) is 1. The number of anilines is 1. The fourth-order valence-electron chi connectivity index (χ4n) is 2.24. The summed E-state index contributed by atoms with van der Waals surface area (Å²) in [4.78, 5) is 12.1. The average molecular weight is 283 g/mol. The van der Waals surface area contributed by atoms with Crippen molar-refractivity contribution in [3.8, 4) is 5.75 Å². The van der Waals surface area contributed by atoms with Crippen molar-refractivity contribution in [1.29, 1.82) is 0 Å². The molecule has 2 aromatic carbocycles. The van der Waals surface area contributed by atoms with Crippen LogP contribution in [-0.4, -0.2) is 13.0 Å². The van der Waals surface area contributed by atoms with Crippen LogP contribution in [0.2, 0.25) is 0 Å². The molecule has 0 radical (unpaired) electrons. The van der Waals surface area contributed by atoms with Gasteiger partial charge in [-0.15, -0.1) is 0 Å². The molecule has 0 fully saturated rings. The third kappa shape index (κ3) is 4.09. The Morgan fingerprint density at radius 3 is 2.67 bits per heavy atom. The molecule has 0 saturated carbocycles. The molecule has 21 heavy (non-hydrogen) atoms. The van der Waals surface area contributed by atoms with Crippen molar-refractivity contribution in [3.05, 3.63) is 59.2 Å². The first-order chi connectivity index (χ1) is 10.1. The number of ether oxygens (including phenoxy) is 1. The monoisotopic (exact) mass is 283 g/mol. The van der Waals surface area contributed by atoms with Gasteiger partial charge in [-0.05, 0) is 49.1 Å². The van der Waals surface area contributed by atoms with Gasteiger partial charge in [-0.1, -0.05) is 30.3 Å². The second-order valence-corrected chi connectivity index (χ2v) is 5.18. The quantitative estimate of drug-likeness (QED) is 0.904. The Bertz CT molecular complexity index is 635. The lowest BCUT2D eigenvalue weighted by atomic mass is 10.1. The van der Waals surface area contributed by atoms with E-state index in [9.17, 15) is 4.79 Å². The van der Waals surface area contributed by atoms with Crippen LogP contribution in [0, 0.1) is 13.8 Å². The largest absolute Gasteiger partial charge is 0.496 e. The zero-order valence-electron chi connectivity index (χ0n) is 12.8. The smallest absolute Gasteiger partial charge is 0.224 e. The topological polar surface area (TPSA) is 38.3 Å². The van der Waals surface area contributed by atoms with Crippen LogP contribution < -0.4 is 10.1 Å². The summed E-state index contributed by atoms with van der Waals surface area (Å²) < 4.78 is 5.30. The summed E-state index contributed by atoms with van der Waals surface area (Å²) in [6, 6.07) is 13.8. The van der Waals surface area contributed by atoms with Gasteiger partial charge in [0.2, 0.25) is 5.91 Å². The molecular formula is C18H21NO2. The van der Waals surface area contributed by atoms with Gasteiger partial charge in [0.05, 0.1) is 7.11 Å². The Hall–Kier alpha value is -2.29. The van der Waals surface area contributed by atoms with Gasteiger partial charge in [-0.2, -0.15) is 0 Å². The first kappa shape index (κ1) is 15.1. The predicted molar refractivity (Wildman–Crippen MR) is 85.9 cm³/mol. The molecule has 0 spiro atoms. The molecule has 0 bridgehead atoms. The van der Waals surface area contributed by atoms with Gasteiger partial charge in [0, 0.05) is 12.1 Å². The molecule has 0 heterocycles. The second kappa shape index (κ2) is 6.93. The minimum absolute atomic E-state index is 0.0228. The van der Waals surface area contributed by atoms with E-state index in [4.69, 9.17) is 4.74 Å². The van der Waals surface area contributed by atoms with Crippen LogP contribution in [0.4, 0.5) is 5.69 Å². The van der Waals surface area contributed by atoms with E-state index in [0.717, 1.165) is 28.1 Å². The molecule has 2 aromatic rings. The summed E-state index contributed by atoms with van der Waals surface area (Å²) in [5, 5.41) is 2.98. The summed E-state index contributed by atoms with van der Waals surface area (Å²) in [6.45, 7) is 4.01. The number of aryl methyl sites for hydroxylation is 3. The standard InChI is InChI=1S/C18H21NO2/c1-13-8-9-14(2)16(12-13)19-18(20)11-10-15-6-4-5-7-17(15)21-3/h4-9,12H,10-11H2,1-3H3,(H,19,20). The summed E-state index contributed by atoms with van der Waals surface area (Å²) >= 11 is 0. The number of hydrogen-bond acceptors (Lipinski definition) is 2. The average Bonchev–Trinajstić information content (AvgIpc) is 2.49. The molecule has 0 aromatic heterocycles. The van der Waals surface area contributed by atoms with Gasteiger partial charge in [0.25, 0.3) is 0 Å². The zero-order valence-corrected chi connectivity index (χ0v) is 12.8. The fourth-order valence-corrected chi connectivity index (χ4v) is 2.24. The van der Waals surface area contributed by atoms with Gasteiger partial charge < -0.3 is 10.1 Å². The van der Waals surface area contributed by atoms with Crippen molar-refractivity contribution in [2.45, 2.75) is 26.7 Å². The Balaban J connectivity index is 1.97. The number of amides is 1. The van der Waals surface area contributed by atoms with Crippen LogP contribution in [0.25, 0.3) is 0 Å². The summed E-state index contributed by atoms with van der Waals surface area (Å²) in [7, 11) is 1.65. The van der Waals surface area contributed by atoms with E-state index in [1.165, 1.54) is 0 Å². The molecule has 110 valence electrons. The molecule has 0 saturated heterocycles. The third-order valence-electron chi connectivity index (χ3n) is 3.48. The highest BCUT2D eigenvalue weighted by molar-refractivity contribution is 5.91. The number of benzene rings is 2. The summed E-state index contributed by atoms with van der Waals surface area (Å²) in [5.74, 6) is 0.853. The number of methoxy groups -OCH3 is 1. The molecule has 0 atom stereocenters. The normalized spacial score (nSPS) is 10.2. The second-order valence-electron chi connectivity index (χ2n) is 5.18. The van der Waals surface area contributed by atoms with Crippen LogP contribution in [0.3, 0.4) is 0 Å². The lowest BCUT2D eigenvalue weighted by Gasteiger charge is -2.10. The van der Waals surface area contributed by atoms with Crippen LogP contribution in [0.15, 0.2) is 42.5 Å². The highest BCUT2D eigenvalue weighted by Gasteiger charge is 2.08. The van der Waals surface area contributed by atoms with Gasteiger partial charge in [0.1, 0.15) is 5.75 Å². The van der Waals surface area contributed by atoms with E-state index in [1.807, 2.05) is 56.3 Å². The predicted octanol–water partition coefficient (Wildman–Crippen LogP) is 3.88. The van der Waals surface area contributed by atoms with E-state index in [0.29, 0.717) is 12.8 Å². The lowest BCUT2D eigenvalue weighted by molar-refractivity contribution is -0.116. The summed E-state index contributed by atoms with van der Waals surface area (Å²) in [5.41, 5.74) is 4.16. The van der Waals surface area contributed by atoms with E-state index in [2.05, 4.69) is 5.32 Å². The number of carbonyl (C=O) groups excluding carboxylic acids is 1. The van der Waals surface area contributed by atoms with E-state index >= 15 is 0 Å². The SMILES string of the molecule is COc1ccccc1CCC(=O)Nc1cc(C)ccc1C. The molecular weight excluding hydrogens is 262 g/mol. The molecule has 3 heteroatoms. The van der Waals surface area contributed by atoms with Crippen LogP contribution in [0.5, 0.6) is 5.75 Å². The first-order valence-corrected chi connectivity index (χ1v) is 7.09. The van der Waals surface area contributed by atoms with E-state index < -0.39 is 0 Å². The molecule has 0 aliphatic heterocycles. The first-order valence-electron chi connectivity index (χ1n) is 7.09. The maximum Gasteiger partial charge on any atom is 0.224 e. The molecule has 2 rings (SSSR count). The van der Waals surface area contributed by atoms with Crippen molar-refractivity contribution in [2.24, 2.45) is 0 Å². The number of rotatable bonds is 5. The van der Waals surface area contributed by atoms with Crippen molar-refractivity contribution >= 4 is 11.6 Å². The maximum atomic E-state index is 12.1. The van der Waals surface area contributed by atoms with Gasteiger partial charge >= 0.3 is 0 Å². The number of para-hydroxylation sites is 1. The molecule has 1 N–H and O–H groups in total. The Kier molecular flexibility index (Phi) is 4.99. The van der Waals surface area contributed by atoms with E-state index in [1.54, 1.807) is 7.11 Å². The number of carbonyl (C=O) groups is 1. The molecule has 3 nitrogen and oxygen atoms in total. The Morgan fingerprint density at radius 1 is 1.14 bits per heavy atom. The van der Waals surface area contributed by atoms with Crippen molar-refractivity contribution in [1.82, 2.24) is 0 Å². The van der Waals surface area contributed by atoms with Crippen LogP contribution >= 0.6 is 0 Å². The minimum Gasteiger partial charge on any atom is -0.496 e. The molecule has 1 amide bonds. The van der Waals surface area contributed by atoms with Crippen molar-refractivity contribution in [2.75, 3.05) is 12.4 Å². The van der Waals surface area contributed by atoms with Gasteiger partial charge in [-0.3, -0.25) is 4.79 Å². The number of nitrogens with one attached hydrogen (secondary N) is 1. The zero-order chi connectivity index (χ0) is 15.2. The third-order valence-corrected chi connectivity index (χ3v) is 3.48. The highest BCUT2D eigenvalue weighted by atomic mass is 16.5. The molecule has 0 aliphatic carbocycles. The minimum atomic E-state index is 0.0228. The highest BCUT2D eigenvalue weighted by Crippen LogP contribution is 2.20. The Morgan fingerprint density at radius 2 is 1.90 bits per heavy atom. The Labute approximate surface area is 126 Å². The molecule has 0 aliphatic rings. The van der Waals surface area contributed by atoms with Crippen molar-refractivity contribution < 1.29 is 9.53 Å². The molecule has 0 unspecified atom stereocenters. The maximum absolute atomic E-state index is 12.1. The van der Waals surface area contributed by atoms with Crippen LogP contribution in [-0.2, 0) is 11.2 Å².